The maximum absolute atomic E-state index is 11.9. The first-order valence-electron chi connectivity index (χ1n) is 6.31. The maximum Gasteiger partial charge on any atom is 0.355 e. The summed E-state index contributed by atoms with van der Waals surface area (Å²) in [7, 11) is 3.12. The smallest absolute Gasteiger partial charge is 0.355 e. The Hall–Kier alpha value is -2.63. The average Bonchev–Trinajstić information content (AvgIpc) is 2.44. The Morgan fingerprint density at radius 2 is 1.81 bits per heavy atom. The summed E-state index contributed by atoms with van der Waals surface area (Å²) in [5.74, 6) is -1.50. The third kappa shape index (κ3) is 5.90. The van der Waals surface area contributed by atoms with Crippen LogP contribution < -0.4 is 5.32 Å². The van der Waals surface area contributed by atoms with Gasteiger partial charge in [-0.2, -0.15) is 0 Å². The number of hydrogen-bond donors (Lipinski definition) is 1. The molecule has 0 aliphatic heterocycles. The molecule has 2 amide bonds. The van der Waals surface area contributed by atoms with Crippen molar-refractivity contribution in [3.05, 3.63) is 41.6 Å². The van der Waals surface area contributed by atoms with E-state index in [1.54, 1.807) is 38.4 Å². The van der Waals surface area contributed by atoms with Gasteiger partial charge in [0.15, 0.2) is 6.61 Å². The first kappa shape index (κ1) is 16.4. The van der Waals surface area contributed by atoms with Crippen LogP contribution >= 0.6 is 0 Å². The molecule has 0 aliphatic carbocycles. The number of ether oxygens (including phenoxy) is 1. The van der Waals surface area contributed by atoms with E-state index in [2.05, 4.69) is 5.32 Å². The minimum atomic E-state index is -0.760. The number of hydrogen-bond acceptors (Lipinski definition) is 4. The average molecular weight is 290 g/mol. The molecule has 0 saturated carbocycles. The SMILES string of the molecule is CC(=O)N/C(=C\c1ccccc1)C(=O)OCC(=O)N(C)C. The van der Waals surface area contributed by atoms with Crippen LogP contribution in [0, 0.1) is 0 Å². The van der Waals surface area contributed by atoms with Crippen LogP contribution in [0.15, 0.2) is 36.0 Å². The number of amides is 2. The molecule has 0 unspecified atom stereocenters. The second kappa shape index (κ2) is 7.84. The van der Waals surface area contributed by atoms with E-state index in [0.29, 0.717) is 0 Å². The van der Waals surface area contributed by atoms with Gasteiger partial charge in [0.25, 0.3) is 5.91 Å². The molecule has 0 bridgehead atoms. The van der Waals surface area contributed by atoms with Crippen molar-refractivity contribution in [1.82, 2.24) is 10.2 Å². The summed E-state index contributed by atoms with van der Waals surface area (Å²) in [6.07, 6.45) is 1.49. The van der Waals surface area contributed by atoms with Crippen LogP contribution in [0.25, 0.3) is 6.08 Å². The highest BCUT2D eigenvalue weighted by molar-refractivity contribution is 5.98. The number of benzene rings is 1. The molecule has 1 N–H and O–H groups in total. The number of likely N-dealkylation sites (N-methyl/N-ethyl adjacent to an activating group) is 1. The predicted octanol–water partition coefficient (Wildman–Crippen LogP) is 0.795. The van der Waals surface area contributed by atoms with Crippen molar-refractivity contribution in [2.75, 3.05) is 20.7 Å². The number of carbonyl (C=O) groups is 3. The van der Waals surface area contributed by atoms with E-state index in [9.17, 15) is 14.4 Å². The minimum Gasteiger partial charge on any atom is -0.451 e. The molecular weight excluding hydrogens is 272 g/mol. The van der Waals surface area contributed by atoms with E-state index in [-0.39, 0.29) is 18.2 Å². The van der Waals surface area contributed by atoms with E-state index >= 15 is 0 Å². The highest BCUT2D eigenvalue weighted by atomic mass is 16.5. The van der Waals surface area contributed by atoms with Crippen LogP contribution in [0.5, 0.6) is 0 Å². The van der Waals surface area contributed by atoms with Crippen molar-refractivity contribution in [2.24, 2.45) is 0 Å². The molecule has 1 rings (SSSR count). The second-order valence-corrected chi connectivity index (χ2v) is 4.51. The summed E-state index contributed by atoms with van der Waals surface area (Å²) < 4.78 is 4.89. The van der Waals surface area contributed by atoms with Crippen LogP contribution in [0.4, 0.5) is 0 Å². The van der Waals surface area contributed by atoms with Gasteiger partial charge < -0.3 is 15.0 Å². The lowest BCUT2D eigenvalue weighted by molar-refractivity contribution is -0.148. The van der Waals surface area contributed by atoms with Gasteiger partial charge >= 0.3 is 5.97 Å². The summed E-state index contributed by atoms with van der Waals surface area (Å²) in [6, 6.07) is 9.00. The number of nitrogens with zero attached hydrogens (tertiary/aromatic N) is 1. The maximum atomic E-state index is 11.9. The highest BCUT2D eigenvalue weighted by Crippen LogP contribution is 2.06. The lowest BCUT2D eigenvalue weighted by Crippen LogP contribution is -2.31. The third-order valence-electron chi connectivity index (χ3n) is 2.47. The fourth-order valence-corrected chi connectivity index (χ4v) is 1.39. The topological polar surface area (TPSA) is 75.7 Å². The van der Waals surface area contributed by atoms with Gasteiger partial charge in [0, 0.05) is 21.0 Å². The van der Waals surface area contributed by atoms with Gasteiger partial charge in [0.2, 0.25) is 5.91 Å². The highest BCUT2D eigenvalue weighted by Gasteiger charge is 2.15. The summed E-state index contributed by atoms with van der Waals surface area (Å²) in [6.45, 7) is 0.911. The van der Waals surface area contributed by atoms with Crippen LogP contribution in [-0.2, 0) is 19.1 Å². The van der Waals surface area contributed by atoms with Crippen molar-refractivity contribution in [3.63, 3.8) is 0 Å². The Morgan fingerprint density at radius 3 is 2.33 bits per heavy atom. The lowest BCUT2D eigenvalue weighted by atomic mass is 10.2. The Morgan fingerprint density at radius 1 is 1.19 bits per heavy atom. The molecule has 6 heteroatoms. The number of rotatable bonds is 5. The molecule has 1 aromatic rings. The van der Waals surface area contributed by atoms with Gasteiger partial charge in [-0.05, 0) is 11.6 Å². The fraction of sp³-hybridized carbons (Fsp3) is 0.267. The molecule has 0 aliphatic rings. The van der Waals surface area contributed by atoms with Gasteiger partial charge in [-0.1, -0.05) is 30.3 Å². The minimum absolute atomic E-state index is 0.0137. The fourth-order valence-electron chi connectivity index (χ4n) is 1.39. The Bertz CT molecular complexity index is 550. The molecule has 0 spiro atoms. The summed E-state index contributed by atoms with van der Waals surface area (Å²) >= 11 is 0. The second-order valence-electron chi connectivity index (χ2n) is 4.51. The van der Waals surface area contributed by atoms with Crippen molar-refractivity contribution in [3.8, 4) is 0 Å². The first-order chi connectivity index (χ1) is 9.90. The molecule has 0 heterocycles. The predicted molar refractivity (Wildman–Crippen MR) is 77.9 cm³/mol. The molecule has 0 atom stereocenters. The molecule has 0 fully saturated rings. The number of nitrogens with one attached hydrogen (secondary N) is 1. The molecule has 0 aromatic heterocycles. The zero-order valence-electron chi connectivity index (χ0n) is 12.3. The Kier molecular flexibility index (Phi) is 6.13. The van der Waals surface area contributed by atoms with E-state index in [1.165, 1.54) is 17.9 Å². The van der Waals surface area contributed by atoms with Crippen LogP contribution in [0.3, 0.4) is 0 Å². The molecular formula is C15H18N2O4. The van der Waals surface area contributed by atoms with Crippen molar-refractivity contribution in [1.29, 1.82) is 0 Å². The first-order valence-corrected chi connectivity index (χ1v) is 6.31. The molecule has 0 saturated heterocycles. The number of esters is 1. The summed E-state index contributed by atoms with van der Waals surface area (Å²) in [5.41, 5.74) is 0.720. The zero-order chi connectivity index (χ0) is 15.8. The quantitative estimate of drug-likeness (QED) is 0.643. The summed E-state index contributed by atoms with van der Waals surface area (Å²) in [4.78, 5) is 35.8. The molecule has 0 radical (unpaired) electrons. The van der Waals surface area contributed by atoms with Crippen LogP contribution in [0.1, 0.15) is 12.5 Å². The van der Waals surface area contributed by atoms with E-state index in [1.807, 2.05) is 6.07 Å². The molecule has 21 heavy (non-hydrogen) atoms. The van der Waals surface area contributed by atoms with Crippen LogP contribution in [-0.4, -0.2) is 43.4 Å². The van der Waals surface area contributed by atoms with Crippen molar-refractivity contribution < 1.29 is 19.1 Å². The van der Waals surface area contributed by atoms with Crippen LogP contribution in [0.2, 0.25) is 0 Å². The van der Waals surface area contributed by atoms with E-state index < -0.39 is 11.9 Å². The van der Waals surface area contributed by atoms with Gasteiger partial charge in [0.05, 0.1) is 0 Å². The van der Waals surface area contributed by atoms with E-state index in [4.69, 9.17) is 4.74 Å². The van der Waals surface area contributed by atoms with Gasteiger partial charge in [-0.15, -0.1) is 0 Å². The Labute approximate surface area is 123 Å². The normalized spacial score (nSPS) is 10.7. The van der Waals surface area contributed by atoms with Crippen molar-refractivity contribution >= 4 is 23.9 Å². The molecule has 1 aromatic carbocycles. The van der Waals surface area contributed by atoms with Gasteiger partial charge in [-0.3, -0.25) is 9.59 Å². The monoisotopic (exact) mass is 290 g/mol. The Balaban J connectivity index is 2.83. The lowest BCUT2D eigenvalue weighted by Gasteiger charge is -2.12. The number of carbonyl (C=O) groups excluding carboxylic acids is 3. The van der Waals surface area contributed by atoms with Gasteiger partial charge in [0.1, 0.15) is 5.70 Å². The van der Waals surface area contributed by atoms with Gasteiger partial charge in [-0.25, -0.2) is 4.79 Å². The molecule has 6 nitrogen and oxygen atoms in total. The largest absolute Gasteiger partial charge is 0.451 e. The summed E-state index contributed by atoms with van der Waals surface area (Å²) in [5, 5.41) is 2.40. The van der Waals surface area contributed by atoms with Crippen molar-refractivity contribution in [2.45, 2.75) is 6.92 Å². The zero-order valence-corrected chi connectivity index (χ0v) is 12.3. The third-order valence-corrected chi connectivity index (χ3v) is 2.47. The molecule has 112 valence electrons. The van der Waals surface area contributed by atoms with E-state index in [0.717, 1.165) is 5.56 Å². The standard InChI is InChI=1S/C15H18N2O4/c1-11(18)16-13(9-12-7-5-4-6-8-12)15(20)21-10-14(19)17(2)3/h4-9H,10H2,1-3H3,(H,16,18)/b13-9-.